The highest BCUT2D eigenvalue weighted by atomic mass is 16.5. The van der Waals surface area contributed by atoms with Gasteiger partial charge in [-0.25, -0.2) is 0 Å². The van der Waals surface area contributed by atoms with Crippen LogP contribution in [-0.2, 0) is 22.5 Å². The molecule has 1 fully saturated rings. The van der Waals surface area contributed by atoms with Crippen LogP contribution in [0.15, 0.2) is 36.4 Å². The Bertz CT molecular complexity index is 1320. The van der Waals surface area contributed by atoms with Crippen LogP contribution in [0.25, 0.3) is 10.9 Å². The van der Waals surface area contributed by atoms with Crippen LogP contribution in [0.3, 0.4) is 0 Å². The minimum absolute atomic E-state index is 0.0215. The van der Waals surface area contributed by atoms with E-state index in [2.05, 4.69) is 5.32 Å². The van der Waals surface area contributed by atoms with E-state index in [1.54, 1.807) is 29.2 Å². The van der Waals surface area contributed by atoms with E-state index < -0.39 is 0 Å². The maximum absolute atomic E-state index is 13.7. The molecule has 188 valence electrons. The third-order valence-electron chi connectivity index (χ3n) is 6.54. The highest BCUT2D eigenvalue weighted by Gasteiger charge is 2.30. The lowest BCUT2D eigenvalue weighted by molar-refractivity contribution is -0.117. The Morgan fingerprint density at radius 1 is 1.08 bits per heavy atom. The van der Waals surface area contributed by atoms with Crippen molar-refractivity contribution in [2.75, 3.05) is 51.8 Å². The third kappa shape index (κ3) is 4.77. The monoisotopic (exact) mass is 492 g/mol. The van der Waals surface area contributed by atoms with Gasteiger partial charge < -0.3 is 29.9 Å². The molecule has 2 aliphatic heterocycles. The summed E-state index contributed by atoms with van der Waals surface area (Å²) >= 11 is 0. The van der Waals surface area contributed by atoms with Gasteiger partial charge in [0.2, 0.25) is 5.91 Å². The number of methoxy groups -OCH3 is 1. The van der Waals surface area contributed by atoms with Crippen LogP contribution >= 0.6 is 0 Å². The number of pyridine rings is 1. The Kier molecular flexibility index (Phi) is 6.62. The number of amides is 2. The molecule has 1 saturated heterocycles. The highest BCUT2D eigenvalue weighted by molar-refractivity contribution is 6.08. The Morgan fingerprint density at radius 2 is 1.83 bits per heavy atom. The first-order valence-electron chi connectivity index (χ1n) is 11.8. The third-order valence-corrected chi connectivity index (χ3v) is 6.54. The van der Waals surface area contributed by atoms with Crippen molar-refractivity contribution in [1.82, 2.24) is 14.8 Å². The van der Waals surface area contributed by atoms with Gasteiger partial charge in [0, 0.05) is 61.4 Å². The second kappa shape index (κ2) is 10.00. The zero-order valence-electron chi connectivity index (χ0n) is 20.0. The standard InChI is InChI=1S/C26H28N4O6/c1-35-23-5-3-17(32)13-22(23)28-24(33)15-29-7-6-20-19(14-29)25(26(34)30-8-10-36-11-9-30)18-4-2-16(31)12-21(18)27-20/h2-5,12-13,31-32H,6-11,14-15H2,1H3,(H,28,33). The first-order valence-corrected chi connectivity index (χ1v) is 11.8. The largest absolute Gasteiger partial charge is 0.508 e. The summed E-state index contributed by atoms with van der Waals surface area (Å²) < 4.78 is 10.7. The van der Waals surface area contributed by atoms with Gasteiger partial charge in [-0.3, -0.25) is 19.5 Å². The van der Waals surface area contributed by atoms with E-state index in [0.717, 1.165) is 11.3 Å². The minimum Gasteiger partial charge on any atom is -0.508 e. The minimum atomic E-state index is -0.262. The molecule has 36 heavy (non-hydrogen) atoms. The number of nitrogens with one attached hydrogen (secondary N) is 1. The van der Waals surface area contributed by atoms with Crippen LogP contribution in [0.1, 0.15) is 21.6 Å². The number of carbonyl (C=O) groups is 2. The molecule has 2 aromatic carbocycles. The van der Waals surface area contributed by atoms with E-state index in [9.17, 15) is 19.8 Å². The van der Waals surface area contributed by atoms with E-state index in [-0.39, 0.29) is 29.9 Å². The molecule has 2 aliphatic rings. The molecule has 0 unspecified atom stereocenters. The smallest absolute Gasteiger partial charge is 0.255 e. The number of aromatic nitrogens is 1. The van der Waals surface area contributed by atoms with Crippen LogP contribution in [0, 0.1) is 0 Å². The molecule has 10 heteroatoms. The summed E-state index contributed by atoms with van der Waals surface area (Å²) in [6.07, 6.45) is 0.563. The van der Waals surface area contributed by atoms with Crippen molar-refractivity contribution in [1.29, 1.82) is 0 Å². The Balaban J connectivity index is 1.43. The summed E-state index contributed by atoms with van der Waals surface area (Å²) in [5.74, 6) is 0.206. The van der Waals surface area contributed by atoms with Gasteiger partial charge in [0.25, 0.3) is 5.91 Å². The average Bonchev–Trinajstić information content (AvgIpc) is 2.87. The molecule has 3 aromatic rings. The molecule has 5 rings (SSSR count). The fourth-order valence-electron chi connectivity index (χ4n) is 4.78. The number of hydrogen-bond acceptors (Lipinski definition) is 8. The number of ether oxygens (including phenoxy) is 2. The number of benzene rings is 2. The van der Waals surface area contributed by atoms with Gasteiger partial charge in [0.15, 0.2) is 0 Å². The lowest BCUT2D eigenvalue weighted by atomic mass is 9.94. The van der Waals surface area contributed by atoms with Crippen molar-refractivity contribution < 1.29 is 29.3 Å². The van der Waals surface area contributed by atoms with Crippen molar-refractivity contribution in [2.45, 2.75) is 13.0 Å². The molecule has 0 atom stereocenters. The van der Waals surface area contributed by atoms with Crippen LogP contribution in [-0.4, -0.2) is 83.3 Å². The quantitative estimate of drug-likeness (QED) is 0.495. The maximum atomic E-state index is 13.7. The van der Waals surface area contributed by atoms with Crippen molar-refractivity contribution in [3.8, 4) is 17.2 Å². The van der Waals surface area contributed by atoms with Crippen LogP contribution in [0.5, 0.6) is 17.2 Å². The molecule has 0 aliphatic carbocycles. The fraction of sp³-hybridized carbons (Fsp3) is 0.346. The number of carbonyl (C=O) groups excluding carboxylic acids is 2. The molecule has 10 nitrogen and oxygen atoms in total. The summed E-state index contributed by atoms with van der Waals surface area (Å²) in [6, 6.07) is 9.37. The van der Waals surface area contributed by atoms with E-state index in [1.807, 2.05) is 4.90 Å². The molecular weight excluding hydrogens is 464 g/mol. The zero-order valence-corrected chi connectivity index (χ0v) is 20.0. The predicted octanol–water partition coefficient (Wildman–Crippen LogP) is 2.12. The summed E-state index contributed by atoms with van der Waals surface area (Å²) in [4.78, 5) is 35.1. The maximum Gasteiger partial charge on any atom is 0.255 e. The number of morpholine rings is 1. The molecule has 0 bridgehead atoms. The SMILES string of the molecule is COc1ccc(O)cc1NC(=O)CN1CCc2nc3cc(O)ccc3c(C(=O)N3CCOCC3)c2C1. The predicted molar refractivity (Wildman–Crippen MR) is 132 cm³/mol. The summed E-state index contributed by atoms with van der Waals surface area (Å²) in [5.41, 5.74) is 3.13. The molecule has 3 N–H and O–H groups in total. The molecule has 0 spiro atoms. The average molecular weight is 493 g/mol. The van der Waals surface area contributed by atoms with Gasteiger partial charge in [-0.2, -0.15) is 0 Å². The number of rotatable bonds is 5. The Labute approximate surface area is 208 Å². The van der Waals surface area contributed by atoms with Crippen molar-refractivity contribution in [3.63, 3.8) is 0 Å². The molecular formula is C26H28N4O6. The zero-order chi connectivity index (χ0) is 25.2. The van der Waals surface area contributed by atoms with Crippen molar-refractivity contribution in [2.24, 2.45) is 0 Å². The Morgan fingerprint density at radius 3 is 2.61 bits per heavy atom. The van der Waals surface area contributed by atoms with Crippen LogP contribution in [0.4, 0.5) is 5.69 Å². The molecule has 0 saturated carbocycles. The molecule has 2 amide bonds. The van der Waals surface area contributed by atoms with E-state index in [1.165, 1.54) is 19.2 Å². The summed E-state index contributed by atoms with van der Waals surface area (Å²) in [5, 5.41) is 23.3. The van der Waals surface area contributed by atoms with E-state index in [0.29, 0.717) is 73.7 Å². The second-order valence-corrected chi connectivity index (χ2v) is 8.91. The number of anilines is 1. The first kappa shape index (κ1) is 23.8. The van der Waals surface area contributed by atoms with Crippen molar-refractivity contribution >= 4 is 28.4 Å². The van der Waals surface area contributed by atoms with Gasteiger partial charge in [0.05, 0.1) is 43.6 Å². The summed E-state index contributed by atoms with van der Waals surface area (Å²) in [7, 11) is 1.49. The topological polar surface area (TPSA) is 124 Å². The highest BCUT2D eigenvalue weighted by Crippen LogP contribution is 2.32. The normalized spacial score (nSPS) is 16.0. The Hall–Kier alpha value is -3.89. The number of hydrogen-bond donors (Lipinski definition) is 3. The van der Waals surface area contributed by atoms with Crippen LogP contribution < -0.4 is 10.1 Å². The van der Waals surface area contributed by atoms with Crippen LogP contribution in [0.2, 0.25) is 0 Å². The molecule has 0 radical (unpaired) electrons. The second-order valence-electron chi connectivity index (χ2n) is 8.91. The lowest BCUT2D eigenvalue weighted by Gasteiger charge is -2.32. The van der Waals surface area contributed by atoms with Gasteiger partial charge in [0.1, 0.15) is 17.2 Å². The number of fused-ring (bicyclic) bond motifs is 2. The van der Waals surface area contributed by atoms with Gasteiger partial charge in [-0.05, 0) is 24.3 Å². The molecule has 1 aromatic heterocycles. The van der Waals surface area contributed by atoms with Gasteiger partial charge in [-0.15, -0.1) is 0 Å². The summed E-state index contributed by atoms with van der Waals surface area (Å²) in [6.45, 7) is 3.05. The van der Waals surface area contributed by atoms with Gasteiger partial charge in [-0.1, -0.05) is 0 Å². The van der Waals surface area contributed by atoms with E-state index >= 15 is 0 Å². The number of aromatic hydroxyl groups is 2. The number of nitrogens with zero attached hydrogens (tertiary/aromatic N) is 3. The van der Waals surface area contributed by atoms with E-state index in [4.69, 9.17) is 14.5 Å². The molecule has 3 heterocycles. The van der Waals surface area contributed by atoms with Crippen molar-refractivity contribution in [3.05, 3.63) is 53.2 Å². The first-order chi connectivity index (χ1) is 17.4. The fourth-order valence-corrected chi connectivity index (χ4v) is 4.78. The lowest BCUT2D eigenvalue weighted by Crippen LogP contribution is -2.42. The number of phenols is 2. The van der Waals surface area contributed by atoms with Gasteiger partial charge >= 0.3 is 0 Å². The number of phenolic OH excluding ortho intramolecular Hbond substituents is 2.